The van der Waals surface area contributed by atoms with Gasteiger partial charge >= 0.3 is 0 Å². The Kier molecular flexibility index (Phi) is 4.59. The number of rotatable bonds is 3. The molecule has 0 radical (unpaired) electrons. The fourth-order valence-corrected chi connectivity index (χ4v) is 2.18. The lowest BCUT2D eigenvalue weighted by Crippen LogP contribution is -1.82. The summed E-state index contributed by atoms with van der Waals surface area (Å²) in [6.45, 7) is 0.0379. The molecule has 3 heteroatoms. The molecule has 0 fully saturated rings. The van der Waals surface area contributed by atoms with Crippen molar-refractivity contribution in [1.82, 2.24) is 0 Å². The van der Waals surface area contributed by atoms with E-state index in [1.165, 1.54) is 0 Å². The van der Waals surface area contributed by atoms with Crippen LogP contribution in [-0.2, 0) is 0 Å². The molecule has 0 bridgehead atoms. The average molecular weight is 324 g/mol. The number of aliphatic hydroxyl groups excluding tert-OH is 1. The standard InChI is InChI=1S/C15H12BrClO/c16-13-6-4-12(5-7-13)14-10-11(2-1-9-18)3-8-15(14)17/h1-8,10,18H,9H2/b2-1+. The predicted molar refractivity (Wildman–Crippen MR) is 80.7 cm³/mol. The fraction of sp³-hybridized carbons (Fsp3) is 0.0667. The Bertz CT molecular complexity index is 561. The first-order chi connectivity index (χ1) is 8.70. The Labute approximate surface area is 120 Å². The summed E-state index contributed by atoms with van der Waals surface area (Å²) in [6, 6.07) is 13.8. The zero-order valence-corrected chi connectivity index (χ0v) is 11.9. The average Bonchev–Trinajstić information content (AvgIpc) is 2.39. The molecule has 2 rings (SSSR count). The molecule has 0 spiro atoms. The van der Waals surface area contributed by atoms with Crippen molar-refractivity contribution in [3.8, 4) is 11.1 Å². The first-order valence-electron chi connectivity index (χ1n) is 5.53. The number of benzene rings is 2. The Balaban J connectivity index is 2.43. The quantitative estimate of drug-likeness (QED) is 0.862. The van der Waals surface area contributed by atoms with Crippen LogP contribution in [0, 0.1) is 0 Å². The number of hydrogen-bond donors (Lipinski definition) is 1. The summed E-state index contributed by atoms with van der Waals surface area (Å²) in [5.41, 5.74) is 3.08. The van der Waals surface area contributed by atoms with E-state index in [2.05, 4.69) is 15.9 Å². The summed E-state index contributed by atoms with van der Waals surface area (Å²) >= 11 is 9.63. The van der Waals surface area contributed by atoms with Gasteiger partial charge in [0.1, 0.15) is 0 Å². The molecular formula is C15H12BrClO. The van der Waals surface area contributed by atoms with E-state index in [1.807, 2.05) is 48.5 Å². The molecule has 0 amide bonds. The second kappa shape index (κ2) is 6.19. The van der Waals surface area contributed by atoms with Gasteiger partial charge in [-0.15, -0.1) is 0 Å². The highest BCUT2D eigenvalue weighted by atomic mass is 79.9. The van der Waals surface area contributed by atoms with Crippen molar-refractivity contribution in [2.45, 2.75) is 0 Å². The fourth-order valence-electron chi connectivity index (χ4n) is 1.69. The SMILES string of the molecule is OC/C=C/c1ccc(Cl)c(-c2ccc(Br)cc2)c1. The van der Waals surface area contributed by atoms with E-state index in [4.69, 9.17) is 16.7 Å². The summed E-state index contributed by atoms with van der Waals surface area (Å²) in [5.74, 6) is 0. The van der Waals surface area contributed by atoms with Crippen LogP contribution in [0.25, 0.3) is 17.2 Å². The van der Waals surface area contributed by atoms with Gasteiger partial charge in [-0.25, -0.2) is 0 Å². The molecule has 0 atom stereocenters. The van der Waals surface area contributed by atoms with E-state index in [0.717, 1.165) is 26.2 Å². The first kappa shape index (κ1) is 13.3. The van der Waals surface area contributed by atoms with Crippen molar-refractivity contribution in [1.29, 1.82) is 0 Å². The second-order valence-electron chi connectivity index (χ2n) is 3.83. The van der Waals surface area contributed by atoms with Crippen molar-refractivity contribution in [2.75, 3.05) is 6.61 Å². The van der Waals surface area contributed by atoms with Crippen LogP contribution in [0.15, 0.2) is 53.0 Å². The third-order valence-corrected chi connectivity index (χ3v) is 3.42. The van der Waals surface area contributed by atoms with Crippen LogP contribution in [0.4, 0.5) is 0 Å². The molecule has 1 N–H and O–H groups in total. The highest BCUT2D eigenvalue weighted by Gasteiger charge is 2.03. The molecule has 2 aromatic rings. The molecule has 0 aliphatic carbocycles. The normalized spacial score (nSPS) is 11.1. The highest BCUT2D eigenvalue weighted by Crippen LogP contribution is 2.30. The monoisotopic (exact) mass is 322 g/mol. The lowest BCUT2D eigenvalue weighted by atomic mass is 10.0. The minimum atomic E-state index is 0.0379. The molecule has 2 aromatic carbocycles. The van der Waals surface area contributed by atoms with E-state index in [1.54, 1.807) is 6.08 Å². The van der Waals surface area contributed by atoms with Crippen LogP contribution in [-0.4, -0.2) is 11.7 Å². The minimum Gasteiger partial charge on any atom is -0.392 e. The molecule has 0 saturated heterocycles. The summed E-state index contributed by atoms with van der Waals surface area (Å²) in [7, 11) is 0. The molecule has 0 aliphatic heterocycles. The molecule has 18 heavy (non-hydrogen) atoms. The molecular weight excluding hydrogens is 312 g/mol. The molecule has 0 heterocycles. The van der Waals surface area contributed by atoms with E-state index in [9.17, 15) is 0 Å². The lowest BCUT2D eigenvalue weighted by molar-refractivity contribution is 0.343. The van der Waals surface area contributed by atoms with E-state index in [-0.39, 0.29) is 6.61 Å². The Morgan fingerprint density at radius 1 is 1.11 bits per heavy atom. The molecule has 92 valence electrons. The van der Waals surface area contributed by atoms with Gasteiger partial charge in [0.05, 0.1) is 6.61 Å². The van der Waals surface area contributed by atoms with Crippen LogP contribution >= 0.6 is 27.5 Å². The van der Waals surface area contributed by atoms with E-state index in [0.29, 0.717) is 0 Å². The maximum atomic E-state index is 8.78. The van der Waals surface area contributed by atoms with Gasteiger partial charge in [-0.05, 0) is 35.4 Å². The molecule has 0 aromatic heterocycles. The summed E-state index contributed by atoms with van der Waals surface area (Å²) in [4.78, 5) is 0. The second-order valence-corrected chi connectivity index (χ2v) is 5.15. The third-order valence-electron chi connectivity index (χ3n) is 2.56. The van der Waals surface area contributed by atoms with Gasteiger partial charge in [0.25, 0.3) is 0 Å². The zero-order valence-electron chi connectivity index (χ0n) is 9.61. The maximum Gasteiger partial charge on any atom is 0.0615 e. The van der Waals surface area contributed by atoms with Crippen molar-refractivity contribution in [3.05, 3.63) is 63.6 Å². The molecule has 0 saturated carbocycles. The Morgan fingerprint density at radius 3 is 2.50 bits per heavy atom. The van der Waals surface area contributed by atoms with Crippen LogP contribution in [0.1, 0.15) is 5.56 Å². The Morgan fingerprint density at radius 2 is 1.83 bits per heavy atom. The van der Waals surface area contributed by atoms with Crippen LogP contribution in [0.5, 0.6) is 0 Å². The predicted octanol–water partition coefficient (Wildman–Crippen LogP) is 4.78. The smallest absolute Gasteiger partial charge is 0.0615 e. The summed E-state index contributed by atoms with van der Waals surface area (Å²) < 4.78 is 1.04. The van der Waals surface area contributed by atoms with E-state index < -0.39 is 0 Å². The topological polar surface area (TPSA) is 20.2 Å². The molecule has 1 nitrogen and oxygen atoms in total. The zero-order chi connectivity index (χ0) is 13.0. The number of halogens is 2. The van der Waals surface area contributed by atoms with Crippen LogP contribution < -0.4 is 0 Å². The van der Waals surface area contributed by atoms with Gasteiger partial charge in [0.2, 0.25) is 0 Å². The molecule has 0 unspecified atom stereocenters. The van der Waals surface area contributed by atoms with Crippen molar-refractivity contribution < 1.29 is 5.11 Å². The molecule has 0 aliphatic rings. The van der Waals surface area contributed by atoms with Gasteiger partial charge in [-0.2, -0.15) is 0 Å². The lowest BCUT2D eigenvalue weighted by Gasteiger charge is -2.06. The van der Waals surface area contributed by atoms with Crippen molar-refractivity contribution in [3.63, 3.8) is 0 Å². The van der Waals surface area contributed by atoms with Crippen LogP contribution in [0.3, 0.4) is 0 Å². The van der Waals surface area contributed by atoms with Crippen LogP contribution in [0.2, 0.25) is 5.02 Å². The number of aliphatic hydroxyl groups is 1. The summed E-state index contributed by atoms with van der Waals surface area (Å²) in [5, 5.41) is 9.50. The minimum absolute atomic E-state index is 0.0379. The summed E-state index contributed by atoms with van der Waals surface area (Å²) in [6.07, 6.45) is 3.58. The maximum absolute atomic E-state index is 8.78. The van der Waals surface area contributed by atoms with Gasteiger partial charge in [0.15, 0.2) is 0 Å². The van der Waals surface area contributed by atoms with Crippen molar-refractivity contribution >= 4 is 33.6 Å². The van der Waals surface area contributed by atoms with Gasteiger partial charge < -0.3 is 5.11 Å². The third kappa shape index (κ3) is 3.22. The van der Waals surface area contributed by atoms with Crippen molar-refractivity contribution in [2.24, 2.45) is 0 Å². The van der Waals surface area contributed by atoms with Gasteiger partial charge in [-0.3, -0.25) is 0 Å². The first-order valence-corrected chi connectivity index (χ1v) is 6.70. The largest absolute Gasteiger partial charge is 0.392 e. The Hall–Kier alpha value is -1.09. The van der Waals surface area contributed by atoms with Gasteiger partial charge in [0, 0.05) is 15.1 Å². The van der Waals surface area contributed by atoms with E-state index >= 15 is 0 Å². The number of hydrogen-bond acceptors (Lipinski definition) is 1. The van der Waals surface area contributed by atoms with Gasteiger partial charge in [-0.1, -0.05) is 57.9 Å². The highest BCUT2D eigenvalue weighted by molar-refractivity contribution is 9.10.